The van der Waals surface area contributed by atoms with Crippen molar-refractivity contribution in [3.63, 3.8) is 0 Å². The summed E-state index contributed by atoms with van der Waals surface area (Å²) in [4.78, 5) is 10.9. The van der Waals surface area contributed by atoms with E-state index in [0.29, 0.717) is 0 Å². The van der Waals surface area contributed by atoms with Gasteiger partial charge in [-0.15, -0.1) is 5.10 Å². The highest BCUT2D eigenvalue weighted by atomic mass is 16.1. The molecule has 0 saturated carbocycles. The quantitative estimate of drug-likeness (QED) is 0.574. The van der Waals surface area contributed by atoms with Crippen LogP contribution < -0.4 is 5.56 Å². The minimum Gasteiger partial charge on any atom is -0.266 e. The highest BCUT2D eigenvalue weighted by Crippen LogP contribution is 2.06. The Morgan fingerprint density at radius 1 is 1.08 bits per heavy atom. The summed E-state index contributed by atoms with van der Waals surface area (Å²) in [6, 6.07) is 9.00. The summed E-state index contributed by atoms with van der Waals surface area (Å²) >= 11 is 0. The Labute approximate surface area is 68.7 Å². The van der Waals surface area contributed by atoms with Crippen LogP contribution in [0.4, 0.5) is 0 Å². The third kappa shape index (κ3) is 1.16. The molecule has 0 amide bonds. The van der Waals surface area contributed by atoms with Crippen LogP contribution in [0.5, 0.6) is 0 Å². The van der Waals surface area contributed by atoms with E-state index in [9.17, 15) is 4.79 Å². The van der Waals surface area contributed by atoms with Gasteiger partial charge in [0.25, 0.3) is 5.56 Å². The Morgan fingerprint density at radius 3 is 2.67 bits per heavy atom. The SMILES string of the molecule is O=c1cc2ccccc2cnn1. The molecule has 0 fully saturated rings. The summed E-state index contributed by atoms with van der Waals surface area (Å²) in [7, 11) is 0. The summed E-state index contributed by atoms with van der Waals surface area (Å²) in [6.07, 6.45) is 1.58. The summed E-state index contributed by atoms with van der Waals surface area (Å²) in [5, 5.41) is 8.82. The molecule has 3 nitrogen and oxygen atoms in total. The van der Waals surface area contributed by atoms with Gasteiger partial charge in [-0.3, -0.25) is 4.79 Å². The molecule has 0 N–H and O–H groups in total. The topological polar surface area (TPSA) is 42.9 Å². The predicted molar refractivity (Wildman–Crippen MR) is 45.8 cm³/mol. The molecule has 0 spiro atoms. The lowest BCUT2D eigenvalue weighted by Gasteiger charge is -1.85. The van der Waals surface area contributed by atoms with E-state index in [4.69, 9.17) is 0 Å². The molecule has 3 heteroatoms. The van der Waals surface area contributed by atoms with Crippen LogP contribution in [0, 0.1) is 0 Å². The van der Waals surface area contributed by atoms with Gasteiger partial charge in [-0.25, -0.2) is 0 Å². The maximum atomic E-state index is 10.9. The van der Waals surface area contributed by atoms with Crippen molar-refractivity contribution in [3.8, 4) is 0 Å². The van der Waals surface area contributed by atoms with E-state index >= 15 is 0 Å². The van der Waals surface area contributed by atoms with Crippen molar-refractivity contribution in [1.29, 1.82) is 0 Å². The first kappa shape index (κ1) is 6.91. The molecule has 0 atom stereocenters. The van der Waals surface area contributed by atoms with Gasteiger partial charge >= 0.3 is 0 Å². The van der Waals surface area contributed by atoms with Crippen LogP contribution in [0.3, 0.4) is 0 Å². The summed E-state index contributed by atoms with van der Waals surface area (Å²) in [5.74, 6) is 0. The van der Waals surface area contributed by atoms with E-state index in [0.717, 1.165) is 10.8 Å². The first-order chi connectivity index (χ1) is 5.86. The second-order valence-corrected chi connectivity index (χ2v) is 2.46. The van der Waals surface area contributed by atoms with E-state index < -0.39 is 0 Å². The van der Waals surface area contributed by atoms with E-state index in [-0.39, 0.29) is 5.56 Å². The largest absolute Gasteiger partial charge is 0.288 e. The minimum absolute atomic E-state index is 0.309. The molecule has 1 aromatic carbocycles. The third-order valence-corrected chi connectivity index (χ3v) is 1.63. The fraction of sp³-hybridized carbons (Fsp3) is 0. The minimum atomic E-state index is -0.309. The molecule has 0 radical (unpaired) electrons. The standard InChI is InChI=1S/C9H6N2O/c12-9-5-7-3-1-2-4-8(7)6-10-11-9/h1-6H. The second kappa shape index (κ2) is 2.70. The molecule has 0 aliphatic heterocycles. The van der Waals surface area contributed by atoms with Crippen LogP contribution in [0.25, 0.3) is 10.8 Å². The maximum Gasteiger partial charge on any atom is 0.288 e. The van der Waals surface area contributed by atoms with Crippen LogP contribution in [0.2, 0.25) is 0 Å². The molecule has 12 heavy (non-hydrogen) atoms. The van der Waals surface area contributed by atoms with Gasteiger partial charge in [0.2, 0.25) is 0 Å². The molecule has 58 valence electrons. The molecule has 2 aromatic rings. The zero-order chi connectivity index (χ0) is 8.39. The van der Waals surface area contributed by atoms with Crippen LogP contribution in [-0.4, -0.2) is 10.2 Å². The number of rotatable bonds is 0. The van der Waals surface area contributed by atoms with E-state index in [1.54, 1.807) is 6.20 Å². The lowest BCUT2D eigenvalue weighted by molar-refractivity contribution is 1.02. The number of aromatic nitrogens is 2. The Hall–Kier alpha value is -1.77. The highest BCUT2D eigenvalue weighted by molar-refractivity contribution is 5.80. The average Bonchev–Trinajstić information content (AvgIpc) is 2.25. The molecule has 0 aliphatic carbocycles. The molecular formula is C9H6N2O. The van der Waals surface area contributed by atoms with Gasteiger partial charge in [-0.05, 0) is 5.39 Å². The van der Waals surface area contributed by atoms with Gasteiger partial charge in [0.1, 0.15) is 0 Å². The lowest BCUT2D eigenvalue weighted by Crippen LogP contribution is -1.99. The average molecular weight is 158 g/mol. The van der Waals surface area contributed by atoms with Gasteiger partial charge in [0.15, 0.2) is 0 Å². The smallest absolute Gasteiger partial charge is 0.266 e. The molecule has 1 heterocycles. The van der Waals surface area contributed by atoms with E-state index in [1.165, 1.54) is 6.07 Å². The molecular weight excluding hydrogens is 152 g/mol. The summed E-state index contributed by atoms with van der Waals surface area (Å²) in [6.45, 7) is 0. The van der Waals surface area contributed by atoms with Crippen LogP contribution >= 0.6 is 0 Å². The van der Waals surface area contributed by atoms with Crippen LogP contribution in [-0.2, 0) is 0 Å². The molecule has 1 aromatic heterocycles. The summed E-state index contributed by atoms with van der Waals surface area (Å²) < 4.78 is 0. The monoisotopic (exact) mass is 158 g/mol. The molecule has 0 saturated heterocycles. The lowest BCUT2D eigenvalue weighted by atomic mass is 10.2. The molecule has 0 bridgehead atoms. The predicted octanol–water partition coefficient (Wildman–Crippen LogP) is 0.990. The number of fused-ring (bicyclic) bond motifs is 1. The normalized spacial score (nSPS) is 10.0. The van der Waals surface area contributed by atoms with E-state index in [2.05, 4.69) is 10.2 Å². The van der Waals surface area contributed by atoms with Gasteiger partial charge < -0.3 is 0 Å². The van der Waals surface area contributed by atoms with Gasteiger partial charge in [0, 0.05) is 11.5 Å². The number of hydrogen-bond acceptors (Lipinski definition) is 3. The van der Waals surface area contributed by atoms with Crippen molar-refractivity contribution in [2.45, 2.75) is 0 Å². The maximum absolute atomic E-state index is 10.9. The Morgan fingerprint density at radius 2 is 1.83 bits per heavy atom. The summed E-state index contributed by atoms with van der Waals surface area (Å²) in [5.41, 5.74) is -0.309. The Kier molecular flexibility index (Phi) is 1.55. The van der Waals surface area contributed by atoms with Crippen molar-refractivity contribution in [1.82, 2.24) is 10.2 Å². The highest BCUT2D eigenvalue weighted by Gasteiger charge is 1.89. The molecule has 0 unspecified atom stereocenters. The first-order valence-corrected chi connectivity index (χ1v) is 3.58. The van der Waals surface area contributed by atoms with Gasteiger partial charge in [-0.2, -0.15) is 5.10 Å². The van der Waals surface area contributed by atoms with Crippen molar-refractivity contribution >= 4 is 10.8 Å². The number of benzene rings is 1. The van der Waals surface area contributed by atoms with Gasteiger partial charge in [0.05, 0.1) is 6.20 Å². The Balaban J connectivity index is 2.98. The van der Waals surface area contributed by atoms with Crippen LogP contribution in [0.1, 0.15) is 0 Å². The van der Waals surface area contributed by atoms with Crippen LogP contribution in [0.15, 0.2) is 41.3 Å². The fourth-order valence-electron chi connectivity index (χ4n) is 1.07. The second-order valence-electron chi connectivity index (χ2n) is 2.46. The van der Waals surface area contributed by atoms with Crippen molar-refractivity contribution < 1.29 is 0 Å². The van der Waals surface area contributed by atoms with Crippen molar-refractivity contribution in [3.05, 3.63) is 46.9 Å². The first-order valence-electron chi connectivity index (χ1n) is 3.58. The van der Waals surface area contributed by atoms with Crippen molar-refractivity contribution in [2.24, 2.45) is 0 Å². The zero-order valence-electron chi connectivity index (χ0n) is 6.27. The zero-order valence-corrected chi connectivity index (χ0v) is 6.27. The number of hydrogen-bond donors (Lipinski definition) is 0. The molecule has 0 aliphatic rings. The van der Waals surface area contributed by atoms with Gasteiger partial charge in [-0.1, -0.05) is 24.3 Å². The fourth-order valence-corrected chi connectivity index (χ4v) is 1.07. The third-order valence-electron chi connectivity index (χ3n) is 1.63. The van der Waals surface area contributed by atoms with E-state index in [1.807, 2.05) is 24.3 Å². The van der Waals surface area contributed by atoms with Crippen molar-refractivity contribution in [2.75, 3.05) is 0 Å². The molecule has 2 rings (SSSR count). The Bertz CT molecular complexity index is 468. The number of nitrogens with zero attached hydrogens (tertiary/aromatic N) is 2.